The van der Waals surface area contributed by atoms with E-state index in [4.69, 9.17) is 16.0 Å². The maximum absolute atomic E-state index is 13.3. The number of nitrogens with one attached hydrogen (secondary N) is 1. The number of para-hydroxylation sites is 1. The third kappa shape index (κ3) is 2.80. The molecule has 1 unspecified atom stereocenters. The summed E-state index contributed by atoms with van der Waals surface area (Å²) in [6, 6.07) is 12.2. The minimum absolute atomic E-state index is 0.152. The second kappa shape index (κ2) is 5.94. The maximum Gasteiger partial charge on any atom is 0.152 e. The Morgan fingerprint density at radius 1 is 1.24 bits per heavy atom. The van der Waals surface area contributed by atoms with Crippen LogP contribution in [-0.2, 0) is 0 Å². The number of hydrogen-bond donors (Lipinski definition) is 1. The lowest BCUT2D eigenvalue weighted by molar-refractivity contribution is 0.490. The summed E-state index contributed by atoms with van der Waals surface area (Å²) >= 11 is 8.28. The molecule has 21 heavy (non-hydrogen) atoms. The highest BCUT2D eigenvalue weighted by Gasteiger charge is 2.20. The van der Waals surface area contributed by atoms with Crippen LogP contribution in [0.15, 0.2) is 46.9 Å². The van der Waals surface area contributed by atoms with Crippen LogP contribution in [0.3, 0.4) is 0 Å². The lowest BCUT2D eigenvalue weighted by atomic mass is 10.0. The number of rotatable bonds is 3. The van der Waals surface area contributed by atoms with E-state index >= 15 is 0 Å². The van der Waals surface area contributed by atoms with Gasteiger partial charge in [-0.15, -0.1) is 0 Å². The summed E-state index contributed by atoms with van der Waals surface area (Å²) in [5.74, 6) is 0.510. The van der Waals surface area contributed by atoms with Gasteiger partial charge < -0.3 is 9.73 Å². The summed E-state index contributed by atoms with van der Waals surface area (Å²) in [4.78, 5) is 0. The molecule has 0 aliphatic carbocycles. The zero-order valence-corrected chi connectivity index (χ0v) is 14.1. The van der Waals surface area contributed by atoms with Gasteiger partial charge in [-0.25, -0.2) is 4.39 Å². The Balaban J connectivity index is 2.11. The van der Waals surface area contributed by atoms with E-state index in [2.05, 4.69) is 27.9 Å². The van der Waals surface area contributed by atoms with Crippen LogP contribution in [0.25, 0.3) is 11.0 Å². The topological polar surface area (TPSA) is 25.2 Å². The van der Waals surface area contributed by atoms with Gasteiger partial charge in [0.05, 0.1) is 11.1 Å². The van der Waals surface area contributed by atoms with E-state index in [1.165, 1.54) is 12.1 Å². The minimum Gasteiger partial charge on any atom is -0.457 e. The number of fused-ring (bicyclic) bond motifs is 1. The second-order valence-electron chi connectivity index (χ2n) is 4.69. The van der Waals surface area contributed by atoms with Crippen molar-refractivity contribution >= 4 is 45.2 Å². The SMILES string of the molecule is CNC(c1cc2cccc(Cl)c2o1)c1ccc(F)cc1I. The molecule has 3 aromatic rings. The molecule has 0 aliphatic heterocycles. The molecule has 0 saturated heterocycles. The predicted molar refractivity (Wildman–Crippen MR) is 91.2 cm³/mol. The number of furan rings is 1. The molecule has 0 fully saturated rings. The summed E-state index contributed by atoms with van der Waals surface area (Å²) < 4.78 is 20.0. The minimum atomic E-state index is -0.245. The third-order valence-electron chi connectivity index (χ3n) is 3.36. The van der Waals surface area contributed by atoms with Crippen molar-refractivity contribution in [2.75, 3.05) is 7.05 Å². The molecular formula is C16H12ClFINO. The van der Waals surface area contributed by atoms with Crippen molar-refractivity contribution in [3.8, 4) is 0 Å². The van der Waals surface area contributed by atoms with Crippen LogP contribution in [0, 0.1) is 9.39 Å². The molecular weight excluding hydrogens is 404 g/mol. The van der Waals surface area contributed by atoms with Gasteiger partial charge >= 0.3 is 0 Å². The first-order chi connectivity index (χ1) is 10.1. The molecule has 1 heterocycles. The van der Waals surface area contributed by atoms with Gasteiger partial charge in [-0.05, 0) is 59.5 Å². The van der Waals surface area contributed by atoms with Crippen molar-refractivity contribution in [1.82, 2.24) is 5.32 Å². The maximum atomic E-state index is 13.3. The zero-order valence-electron chi connectivity index (χ0n) is 11.2. The van der Waals surface area contributed by atoms with E-state index in [0.29, 0.717) is 10.6 Å². The fraction of sp³-hybridized carbons (Fsp3) is 0.125. The van der Waals surface area contributed by atoms with E-state index in [1.54, 1.807) is 12.1 Å². The molecule has 3 rings (SSSR count). The Morgan fingerprint density at radius 2 is 2.05 bits per heavy atom. The predicted octanol–water partition coefficient (Wildman–Crippen LogP) is 5.14. The smallest absolute Gasteiger partial charge is 0.152 e. The Labute approximate surface area is 140 Å². The highest BCUT2D eigenvalue weighted by Crippen LogP contribution is 2.33. The van der Waals surface area contributed by atoms with Crippen LogP contribution in [0.5, 0.6) is 0 Å². The van der Waals surface area contributed by atoms with Gasteiger partial charge in [0.2, 0.25) is 0 Å². The van der Waals surface area contributed by atoms with Gasteiger partial charge in [-0.1, -0.05) is 29.8 Å². The molecule has 1 atom stereocenters. The molecule has 0 amide bonds. The monoisotopic (exact) mass is 415 g/mol. The van der Waals surface area contributed by atoms with Gasteiger partial charge in [0.25, 0.3) is 0 Å². The summed E-state index contributed by atoms with van der Waals surface area (Å²) in [6.07, 6.45) is 0. The second-order valence-corrected chi connectivity index (χ2v) is 6.26. The standard InChI is InChI=1S/C16H12ClFINO/c1-20-15(11-6-5-10(18)8-13(11)19)14-7-9-3-2-4-12(17)16(9)21-14/h2-8,15,20H,1H3. The van der Waals surface area contributed by atoms with Gasteiger partial charge in [-0.2, -0.15) is 0 Å². The summed E-state index contributed by atoms with van der Waals surface area (Å²) in [6.45, 7) is 0. The molecule has 5 heteroatoms. The molecule has 1 aromatic heterocycles. The van der Waals surface area contributed by atoms with Gasteiger partial charge in [0.1, 0.15) is 11.6 Å². The molecule has 1 N–H and O–H groups in total. The molecule has 0 saturated carbocycles. The van der Waals surface area contributed by atoms with E-state index < -0.39 is 0 Å². The molecule has 0 bridgehead atoms. The Bertz CT molecular complexity index is 802. The lowest BCUT2D eigenvalue weighted by Crippen LogP contribution is -2.18. The van der Waals surface area contributed by atoms with Crippen LogP contribution >= 0.6 is 34.2 Å². The van der Waals surface area contributed by atoms with E-state index in [0.717, 1.165) is 20.3 Å². The Morgan fingerprint density at radius 3 is 2.71 bits per heavy atom. The molecule has 2 aromatic carbocycles. The zero-order chi connectivity index (χ0) is 15.0. The van der Waals surface area contributed by atoms with E-state index in [1.807, 2.05) is 25.2 Å². The van der Waals surface area contributed by atoms with Crippen LogP contribution in [0.4, 0.5) is 4.39 Å². The summed E-state index contributed by atoms with van der Waals surface area (Å²) in [5.41, 5.74) is 1.64. The largest absolute Gasteiger partial charge is 0.457 e. The van der Waals surface area contributed by atoms with Crippen molar-refractivity contribution in [2.45, 2.75) is 6.04 Å². The first-order valence-corrected chi connectivity index (χ1v) is 7.86. The Hall–Kier alpha value is -1.11. The average Bonchev–Trinajstić information content (AvgIpc) is 2.87. The molecule has 0 spiro atoms. The lowest BCUT2D eigenvalue weighted by Gasteiger charge is -2.15. The normalized spacial score (nSPS) is 12.8. The molecule has 0 radical (unpaired) electrons. The van der Waals surface area contributed by atoms with Gasteiger partial charge in [0, 0.05) is 8.96 Å². The number of benzene rings is 2. The number of hydrogen-bond acceptors (Lipinski definition) is 2. The highest BCUT2D eigenvalue weighted by atomic mass is 127. The van der Waals surface area contributed by atoms with Gasteiger partial charge in [-0.3, -0.25) is 0 Å². The van der Waals surface area contributed by atoms with Crippen LogP contribution in [0.1, 0.15) is 17.4 Å². The molecule has 0 aliphatic rings. The highest BCUT2D eigenvalue weighted by molar-refractivity contribution is 14.1. The first-order valence-electron chi connectivity index (χ1n) is 6.40. The molecule has 108 valence electrons. The summed E-state index contributed by atoms with van der Waals surface area (Å²) in [7, 11) is 1.85. The van der Waals surface area contributed by atoms with E-state index in [-0.39, 0.29) is 11.9 Å². The van der Waals surface area contributed by atoms with Crippen LogP contribution < -0.4 is 5.32 Å². The van der Waals surface area contributed by atoms with E-state index in [9.17, 15) is 4.39 Å². The Kier molecular flexibility index (Phi) is 4.19. The van der Waals surface area contributed by atoms with Crippen molar-refractivity contribution < 1.29 is 8.81 Å². The average molecular weight is 416 g/mol. The van der Waals surface area contributed by atoms with Crippen LogP contribution in [0.2, 0.25) is 5.02 Å². The van der Waals surface area contributed by atoms with Crippen molar-refractivity contribution in [3.63, 3.8) is 0 Å². The first kappa shape index (κ1) is 14.8. The van der Waals surface area contributed by atoms with Crippen molar-refractivity contribution in [2.24, 2.45) is 0 Å². The van der Waals surface area contributed by atoms with Gasteiger partial charge in [0.15, 0.2) is 5.58 Å². The fourth-order valence-corrected chi connectivity index (χ4v) is 3.39. The number of halogens is 3. The van der Waals surface area contributed by atoms with Crippen molar-refractivity contribution in [1.29, 1.82) is 0 Å². The fourth-order valence-electron chi connectivity index (χ4n) is 2.38. The third-order valence-corrected chi connectivity index (χ3v) is 4.59. The van der Waals surface area contributed by atoms with Crippen LogP contribution in [-0.4, -0.2) is 7.05 Å². The summed E-state index contributed by atoms with van der Waals surface area (Å²) in [5, 5.41) is 4.75. The van der Waals surface area contributed by atoms with Crippen molar-refractivity contribution in [3.05, 3.63) is 68.2 Å². The quantitative estimate of drug-likeness (QED) is 0.599. The molecule has 2 nitrogen and oxygen atoms in total.